The van der Waals surface area contributed by atoms with E-state index in [0.29, 0.717) is 19.5 Å². The van der Waals surface area contributed by atoms with Crippen LogP contribution in [0.25, 0.3) is 0 Å². The minimum Gasteiger partial charge on any atom is -0.330 e. The number of fused-ring (bicyclic) bond motifs is 1. The van der Waals surface area contributed by atoms with Gasteiger partial charge in [-0.15, -0.1) is 11.3 Å². The molecule has 0 saturated heterocycles. The summed E-state index contributed by atoms with van der Waals surface area (Å²) in [6.07, 6.45) is -3.10. The van der Waals surface area contributed by atoms with Gasteiger partial charge < -0.3 is 9.80 Å². The normalized spacial score (nSPS) is 15.6. The zero-order valence-electron chi connectivity index (χ0n) is 18.7. The third kappa shape index (κ3) is 5.01. The molecule has 0 radical (unpaired) electrons. The molecule has 2 heterocycles. The van der Waals surface area contributed by atoms with Crippen molar-refractivity contribution < 1.29 is 22.8 Å². The summed E-state index contributed by atoms with van der Waals surface area (Å²) >= 11 is 1.68. The summed E-state index contributed by atoms with van der Waals surface area (Å²) in [7, 11) is 0. The first-order chi connectivity index (χ1) is 16.3. The van der Waals surface area contributed by atoms with Crippen molar-refractivity contribution in [2.75, 3.05) is 19.6 Å². The highest BCUT2D eigenvalue weighted by molar-refractivity contribution is 7.10. The third-order valence-corrected chi connectivity index (χ3v) is 6.96. The van der Waals surface area contributed by atoms with E-state index >= 15 is 0 Å². The maximum atomic E-state index is 13.5. The number of carbonyl (C=O) groups is 2. The molecule has 8 heteroatoms. The average Bonchev–Trinajstić information content (AvgIpc) is 3.31. The molecule has 0 fully saturated rings. The molecule has 2 amide bonds. The number of rotatable bonds is 6. The standard InChI is InChI=1S/C26H25F3N2O2S/c1-2-14-30(25(33)19-8-10-20(11-9-19)26(27,28)29)17-23(32)31-15-12-22-21(13-16-34-22)24(31)18-6-4-3-5-7-18/h3-11,13,16,24H,2,12,14-15,17H2,1H3. The summed E-state index contributed by atoms with van der Waals surface area (Å²) in [5.74, 6) is -0.632. The van der Waals surface area contributed by atoms with Crippen molar-refractivity contribution in [1.29, 1.82) is 0 Å². The first kappa shape index (κ1) is 24.0. The second-order valence-corrected chi connectivity index (χ2v) is 9.25. The molecule has 1 atom stereocenters. The number of hydrogen-bond donors (Lipinski definition) is 0. The van der Waals surface area contributed by atoms with E-state index in [1.807, 2.05) is 53.6 Å². The van der Waals surface area contributed by atoms with Gasteiger partial charge in [-0.05, 0) is 59.7 Å². The Bertz CT molecular complexity index is 1140. The zero-order valence-corrected chi connectivity index (χ0v) is 19.5. The molecule has 0 aliphatic carbocycles. The number of halogens is 3. The molecular weight excluding hydrogens is 461 g/mol. The lowest BCUT2D eigenvalue weighted by Gasteiger charge is -2.37. The van der Waals surface area contributed by atoms with Crippen molar-refractivity contribution in [2.45, 2.75) is 32.0 Å². The van der Waals surface area contributed by atoms with Crippen LogP contribution in [-0.4, -0.2) is 41.2 Å². The zero-order chi connectivity index (χ0) is 24.3. The Balaban J connectivity index is 1.56. The van der Waals surface area contributed by atoms with Crippen LogP contribution in [0.2, 0.25) is 0 Å². The summed E-state index contributed by atoms with van der Waals surface area (Å²) in [5.41, 5.74) is 1.43. The van der Waals surface area contributed by atoms with E-state index < -0.39 is 17.6 Å². The molecule has 34 heavy (non-hydrogen) atoms. The quantitative estimate of drug-likeness (QED) is 0.442. The fourth-order valence-corrected chi connectivity index (χ4v) is 5.24. The van der Waals surface area contributed by atoms with Crippen molar-refractivity contribution in [3.8, 4) is 0 Å². The maximum Gasteiger partial charge on any atom is 0.416 e. The summed E-state index contributed by atoms with van der Waals surface area (Å²) in [5, 5.41) is 2.03. The van der Waals surface area contributed by atoms with Crippen LogP contribution in [0.15, 0.2) is 66.0 Å². The van der Waals surface area contributed by atoms with Gasteiger partial charge in [0.25, 0.3) is 5.91 Å². The highest BCUT2D eigenvalue weighted by Crippen LogP contribution is 2.38. The molecule has 178 valence electrons. The molecule has 2 aromatic carbocycles. The Morgan fingerprint density at radius 2 is 1.76 bits per heavy atom. The van der Waals surface area contributed by atoms with E-state index in [4.69, 9.17) is 0 Å². The first-order valence-electron chi connectivity index (χ1n) is 11.2. The predicted molar refractivity (Wildman–Crippen MR) is 126 cm³/mol. The maximum absolute atomic E-state index is 13.5. The van der Waals surface area contributed by atoms with Gasteiger partial charge in [0.2, 0.25) is 5.91 Å². The minimum atomic E-state index is -4.47. The summed E-state index contributed by atoms with van der Waals surface area (Å²) in [4.78, 5) is 31.1. The number of amides is 2. The van der Waals surface area contributed by atoms with E-state index in [-0.39, 0.29) is 24.1 Å². The third-order valence-electron chi connectivity index (χ3n) is 5.97. The van der Waals surface area contributed by atoms with Crippen LogP contribution in [0.3, 0.4) is 0 Å². The molecule has 0 spiro atoms. The Morgan fingerprint density at radius 1 is 1.06 bits per heavy atom. The van der Waals surface area contributed by atoms with Gasteiger partial charge in [0, 0.05) is 23.5 Å². The number of nitrogens with zero attached hydrogens (tertiary/aromatic N) is 2. The van der Waals surface area contributed by atoms with Crippen LogP contribution in [-0.2, 0) is 17.4 Å². The number of hydrogen-bond acceptors (Lipinski definition) is 3. The van der Waals surface area contributed by atoms with Crippen LogP contribution in [0.5, 0.6) is 0 Å². The van der Waals surface area contributed by atoms with Crippen molar-refractivity contribution in [1.82, 2.24) is 9.80 Å². The van der Waals surface area contributed by atoms with Crippen molar-refractivity contribution in [2.24, 2.45) is 0 Å². The van der Waals surface area contributed by atoms with Crippen LogP contribution in [0.1, 0.15) is 51.3 Å². The van der Waals surface area contributed by atoms with Gasteiger partial charge in [-0.1, -0.05) is 37.3 Å². The molecule has 4 rings (SSSR count). The Hall–Kier alpha value is -3.13. The van der Waals surface area contributed by atoms with Crippen molar-refractivity contribution in [3.63, 3.8) is 0 Å². The predicted octanol–water partition coefficient (Wildman–Crippen LogP) is 5.79. The second-order valence-electron chi connectivity index (χ2n) is 8.25. The molecule has 1 unspecified atom stereocenters. The Morgan fingerprint density at radius 3 is 2.41 bits per heavy atom. The summed E-state index contributed by atoms with van der Waals surface area (Å²) in [6.45, 7) is 2.64. The van der Waals surface area contributed by atoms with Gasteiger partial charge in [-0.2, -0.15) is 13.2 Å². The summed E-state index contributed by atoms with van der Waals surface area (Å²) in [6, 6.07) is 15.8. The number of thiophene rings is 1. The van der Waals surface area contributed by atoms with E-state index in [1.54, 1.807) is 11.3 Å². The van der Waals surface area contributed by atoms with E-state index in [2.05, 4.69) is 0 Å². The molecule has 4 nitrogen and oxygen atoms in total. The molecule has 0 saturated carbocycles. The SMILES string of the molecule is CCCN(CC(=O)N1CCc2sccc2C1c1ccccc1)C(=O)c1ccc(C(F)(F)F)cc1. The van der Waals surface area contributed by atoms with Gasteiger partial charge in [-0.25, -0.2) is 0 Å². The van der Waals surface area contributed by atoms with Gasteiger partial charge in [0.1, 0.15) is 6.54 Å². The lowest BCUT2D eigenvalue weighted by atomic mass is 9.93. The van der Waals surface area contributed by atoms with Crippen LogP contribution in [0.4, 0.5) is 13.2 Å². The lowest BCUT2D eigenvalue weighted by Crippen LogP contribution is -2.47. The number of carbonyl (C=O) groups excluding carboxylic acids is 2. The molecule has 3 aromatic rings. The lowest BCUT2D eigenvalue weighted by molar-refractivity contribution is -0.137. The van der Waals surface area contributed by atoms with Crippen LogP contribution in [0, 0.1) is 0 Å². The van der Waals surface area contributed by atoms with Crippen molar-refractivity contribution in [3.05, 3.63) is 93.2 Å². The van der Waals surface area contributed by atoms with Crippen molar-refractivity contribution >= 4 is 23.2 Å². The summed E-state index contributed by atoms with van der Waals surface area (Å²) < 4.78 is 38.7. The Kier molecular flexibility index (Phi) is 7.07. The highest BCUT2D eigenvalue weighted by atomic mass is 32.1. The smallest absolute Gasteiger partial charge is 0.330 e. The molecule has 0 bridgehead atoms. The van der Waals surface area contributed by atoms with E-state index in [1.165, 1.54) is 21.9 Å². The van der Waals surface area contributed by atoms with Gasteiger partial charge >= 0.3 is 6.18 Å². The number of alkyl halides is 3. The highest BCUT2D eigenvalue weighted by Gasteiger charge is 2.34. The topological polar surface area (TPSA) is 40.6 Å². The molecule has 1 aliphatic heterocycles. The Labute approximate surface area is 200 Å². The molecule has 1 aromatic heterocycles. The van der Waals surface area contributed by atoms with Crippen LogP contribution < -0.4 is 0 Å². The largest absolute Gasteiger partial charge is 0.416 e. The fourth-order valence-electron chi connectivity index (χ4n) is 4.34. The van der Waals surface area contributed by atoms with Gasteiger partial charge in [0.05, 0.1) is 11.6 Å². The van der Waals surface area contributed by atoms with Gasteiger partial charge in [0.15, 0.2) is 0 Å². The van der Waals surface area contributed by atoms with E-state index in [9.17, 15) is 22.8 Å². The fraction of sp³-hybridized carbons (Fsp3) is 0.308. The first-order valence-corrected chi connectivity index (χ1v) is 12.0. The average molecular weight is 487 g/mol. The minimum absolute atomic E-state index is 0.128. The monoisotopic (exact) mass is 486 g/mol. The second kappa shape index (κ2) is 10.0. The molecule has 1 aliphatic rings. The van der Waals surface area contributed by atoms with Gasteiger partial charge in [-0.3, -0.25) is 9.59 Å². The van der Waals surface area contributed by atoms with Crippen LogP contribution >= 0.6 is 11.3 Å². The van der Waals surface area contributed by atoms with E-state index in [0.717, 1.165) is 29.7 Å². The molecule has 0 N–H and O–H groups in total. The number of benzene rings is 2. The molecular formula is C26H25F3N2O2S.